The van der Waals surface area contributed by atoms with Gasteiger partial charge in [0.1, 0.15) is 6.04 Å². The Bertz CT molecular complexity index is 1180. The van der Waals surface area contributed by atoms with E-state index in [1.807, 2.05) is 31.2 Å². The number of hydrogen-bond acceptors (Lipinski definition) is 7. The summed E-state index contributed by atoms with van der Waals surface area (Å²) in [6, 6.07) is 13.8. The lowest BCUT2D eigenvalue weighted by atomic mass is 9.95. The number of benzene rings is 2. The van der Waals surface area contributed by atoms with Gasteiger partial charge in [-0.3, -0.25) is 14.9 Å². The molecule has 31 heavy (non-hydrogen) atoms. The third kappa shape index (κ3) is 4.15. The number of thioether (sulfide) groups is 1. The summed E-state index contributed by atoms with van der Waals surface area (Å²) in [5.74, 6) is 0.558. The summed E-state index contributed by atoms with van der Waals surface area (Å²) in [5, 5.41) is 19.1. The van der Waals surface area contributed by atoms with Crippen LogP contribution in [0.2, 0.25) is 0 Å². The van der Waals surface area contributed by atoms with Gasteiger partial charge in [-0.15, -0.1) is 5.10 Å². The van der Waals surface area contributed by atoms with Crippen molar-refractivity contribution >= 4 is 29.3 Å². The van der Waals surface area contributed by atoms with Gasteiger partial charge in [0.15, 0.2) is 0 Å². The summed E-state index contributed by atoms with van der Waals surface area (Å²) < 4.78 is 1.68. The van der Waals surface area contributed by atoms with Crippen LogP contribution in [0.1, 0.15) is 29.7 Å². The minimum Gasteiger partial charge on any atom is -0.366 e. The van der Waals surface area contributed by atoms with Crippen molar-refractivity contribution in [2.75, 3.05) is 5.32 Å². The molecule has 10 heteroatoms. The van der Waals surface area contributed by atoms with Gasteiger partial charge in [0.25, 0.3) is 5.69 Å². The van der Waals surface area contributed by atoms with Crippen LogP contribution in [0.3, 0.4) is 0 Å². The quantitative estimate of drug-likeness (QED) is 0.343. The second kappa shape index (κ2) is 8.23. The Morgan fingerprint density at radius 2 is 1.87 bits per heavy atom. The SMILES string of the molecule is CC1=C(C(N)=O)C(c2ccc(C)cc2)n2nc(SCc3ccc([N+](=O)[O-])cc3)nc2N1. The molecule has 0 radical (unpaired) electrons. The summed E-state index contributed by atoms with van der Waals surface area (Å²) in [6.45, 7) is 3.79. The number of nitrogens with zero attached hydrogens (tertiary/aromatic N) is 4. The second-order valence-corrected chi connectivity index (χ2v) is 8.16. The lowest BCUT2D eigenvalue weighted by molar-refractivity contribution is -0.384. The molecule has 1 aromatic heterocycles. The normalized spacial score (nSPS) is 15.4. The summed E-state index contributed by atoms with van der Waals surface area (Å²) in [7, 11) is 0. The highest BCUT2D eigenvalue weighted by Gasteiger charge is 2.33. The van der Waals surface area contributed by atoms with Crippen LogP contribution in [0.25, 0.3) is 0 Å². The number of non-ortho nitro benzene ring substituents is 1. The van der Waals surface area contributed by atoms with Crippen LogP contribution < -0.4 is 11.1 Å². The maximum Gasteiger partial charge on any atom is 0.269 e. The van der Waals surface area contributed by atoms with Gasteiger partial charge in [-0.25, -0.2) is 4.68 Å². The van der Waals surface area contributed by atoms with Crippen LogP contribution in [-0.2, 0) is 10.5 Å². The summed E-state index contributed by atoms with van der Waals surface area (Å²) in [4.78, 5) is 27.2. The molecule has 0 spiro atoms. The molecule has 1 aliphatic heterocycles. The predicted octanol–water partition coefficient (Wildman–Crippen LogP) is 3.56. The number of carbonyl (C=O) groups excluding carboxylic acids is 1. The first-order valence-corrected chi connectivity index (χ1v) is 10.5. The number of allylic oxidation sites excluding steroid dienone is 1. The fraction of sp³-hybridized carbons (Fsp3) is 0.190. The first kappa shape index (κ1) is 20.6. The number of primary amides is 1. The van der Waals surface area contributed by atoms with Gasteiger partial charge in [0.2, 0.25) is 17.0 Å². The Kier molecular flexibility index (Phi) is 5.47. The van der Waals surface area contributed by atoms with Crippen LogP contribution in [0.5, 0.6) is 0 Å². The molecule has 2 heterocycles. The Labute approximate surface area is 182 Å². The van der Waals surface area contributed by atoms with E-state index < -0.39 is 16.9 Å². The number of amides is 1. The van der Waals surface area contributed by atoms with Gasteiger partial charge in [-0.05, 0) is 25.0 Å². The zero-order chi connectivity index (χ0) is 22.1. The second-order valence-electron chi connectivity index (χ2n) is 7.22. The van der Waals surface area contributed by atoms with Crippen molar-refractivity contribution in [2.45, 2.75) is 30.8 Å². The number of nitro benzene ring substituents is 1. The molecular weight excluding hydrogens is 416 g/mol. The number of fused-ring (bicyclic) bond motifs is 1. The minimum absolute atomic E-state index is 0.0509. The number of hydrogen-bond donors (Lipinski definition) is 2. The smallest absolute Gasteiger partial charge is 0.269 e. The highest BCUT2D eigenvalue weighted by atomic mass is 32.2. The molecule has 1 unspecified atom stereocenters. The fourth-order valence-electron chi connectivity index (χ4n) is 3.43. The predicted molar refractivity (Wildman–Crippen MR) is 118 cm³/mol. The van der Waals surface area contributed by atoms with Crippen LogP contribution in [0.15, 0.2) is 65.0 Å². The highest BCUT2D eigenvalue weighted by Crippen LogP contribution is 2.36. The number of carbonyl (C=O) groups is 1. The van der Waals surface area contributed by atoms with Gasteiger partial charge < -0.3 is 11.1 Å². The molecule has 1 atom stereocenters. The molecule has 1 aliphatic rings. The maximum absolute atomic E-state index is 12.2. The average molecular weight is 436 g/mol. The number of nitrogens with two attached hydrogens (primary N) is 1. The van der Waals surface area contributed by atoms with Crippen molar-refractivity contribution in [3.63, 3.8) is 0 Å². The maximum atomic E-state index is 12.2. The summed E-state index contributed by atoms with van der Waals surface area (Å²) in [6.07, 6.45) is 0. The van der Waals surface area contributed by atoms with Crippen molar-refractivity contribution < 1.29 is 9.72 Å². The van der Waals surface area contributed by atoms with Crippen LogP contribution in [-0.4, -0.2) is 25.6 Å². The van der Waals surface area contributed by atoms with Gasteiger partial charge in [-0.1, -0.05) is 53.7 Å². The topological polar surface area (TPSA) is 129 Å². The lowest BCUT2D eigenvalue weighted by Gasteiger charge is -2.27. The number of rotatable bonds is 6. The number of aryl methyl sites for hydroxylation is 1. The minimum atomic E-state index is -0.517. The zero-order valence-corrected chi connectivity index (χ0v) is 17.7. The van der Waals surface area contributed by atoms with Crippen molar-refractivity contribution in [3.8, 4) is 0 Å². The van der Waals surface area contributed by atoms with E-state index in [1.54, 1.807) is 23.7 Å². The van der Waals surface area contributed by atoms with E-state index in [-0.39, 0.29) is 5.69 Å². The van der Waals surface area contributed by atoms with Crippen LogP contribution >= 0.6 is 11.8 Å². The molecule has 1 amide bonds. The number of anilines is 1. The van der Waals surface area contributed by atoms with Crippen LogP contribution in [0.4, 0.5) is 11.6 Å². The third-order valence-electron chi connectivity index (χ3n) is 5.01. The standard InChI is InChI=1S/C21H20N6O3S/c1-12-3-7-15(8-4-12)18-17(19(22)28)13(2)23-20-24-21(25-26(18)20)31-11-14-5-9-16(10-6-14)27(29)30/h3-10,18H,11H2,1-2H3,(H2,22,28)(H,23,24,25). The molecular formula is C21H20N6O3S. The molecule has 0 saturated heterocycles. The van der Waals surface area contributed by atoms with Gasteiger partial charge >= 0.3 is 0 Å². The molecule has 9 nitrogen and oxygen atoms in total. The highest BCUT2D eigenvalue weighted by molar-refractivity contribution is 7.98. The summed E-state index contributed by atoms with van der Waals surface area (Å²) >= 11 is 1.40. The van der Waals surface area contributed by atoms with Gasteiger partial charge in [0, 0.05) is 23.6 Å². The molecule has 2 aromatic carbocycles. The third-order valence-corrected chi connectivity index (χ3v) is 5.92. The Morgan fingerprint density at radius 1 is 1.19 bits per heavy atom. The summed E-state index contributed by atoms with van der Waals surface area (Å²) in [5.41, 5.74) is 9.74. The van der Waals surface area contributed by atoms with Crippen molar-refractivity contribution in [3.05, 3.63) is 86.6 Å². The Hall–Kier alpha value is -3.66. The lowest BCUT2D eigenvalue weighted by Crippen LogP contribution is -2.31. The Morgan fingerprint density at radius 3 is 2.48 bits per heavy atom. The fourth-order valence-corrected chi connectivity index (χ4v) is 4.22. The van der Waals surface area contributed by atoms with Crippen LogP contribution in [0, 0.1) is 17.0 Å². The number of nitrogens with one attached hydrogen (secondary N) is 1. The average Bonchev–Trinajstić information content (AvgIpc) is 3.14. The first-order chi connectivity index (χ1) is 14.8. The Balaban J connectivity index is 1.62. The van der Waals surface area contributed by atoms with E-state index in [0.29, 0.717) is 28.1 Å². The van der Waals surface area contributed by atoms with E-state index >= 15 is 0 Å². The van der Waals surface area contributed by atoms with E-state index in [2.05, 4.69) is 15.4 Å². The van der Waals surface area contributed by atoms with Crippen molar-refractivity contribution in [1.82, 2.24) is 14.8 Å². The number of aromatic nitrogens is 3. The largest absolute Gasteiger partial charge is 0.366 e. The molecule has 0 fully saturated rings. The molecule has 158 valence electrons. The van der Waals surface area contributed by atoms with Crippen molar-refractivity contribution in [1.29, 1.82) is 0 Å². The molecule has 3 N–H and O–H groups in total. The van der Waals surface area contributed by atoms with E-state index in [1.165, 1.54) is 23.9 Å². The van der Waals surface area contributed by atoms with Gasteiger partial charge in [-0.2, -0.15) is 4.98 Å². The molecule has 0 aliphatic carbocycles. The van der Waals surface area contributed by atoms with Gasteiger partial charge in [0.05, 0.1) is 10.5 Å². The zero-order valence-electron chi connectivity index (χ0n) is 16.9. The first-order valence-electron chi connectivity index (χ1n) is 9.50. The molecule has 0 bridgehead atoms. The van der Waals surface area contributed by atoms with Crippen molar-refractivity contribution in [2.24, 2.45) is 5.73 Å². The molecule has 4 rings (SSSR count). The van der Waals surface area contributed by atoms with E-state index in [4.69, 9.17) is 5.73 Å². The van der Waals surface area contributed by atoms with E-state index in [0.717, 1.165) is 16.7 Å². The molecule has 0 saturated carbocycles. The van der Waals surface area contributed by atoms with E-state index in [9.17, 15) is 14.9 Å². The number of nitro groups is 1. The molecule has 3 aromatic rings. The monoisotopic (exact) mass is 436 g/mol.